The number of anilines is 3. The van der Waals surface area contributed by atoms with Crippen LogP contribution in [-0.4, -0.2) is 55.4 Å². The van der Waals surface area contributed by atoms with Crippen molar-refractivity contribution in [3.63, 3.8) is 0 Å². The molecule has 0 aromatic heterocycles. The summed E-state index contributed by atoms with van der Waals surface area (Å²) in [5, 5.41) is 6.12. The van der Waals surface area contributed by atoms with E-state index in [1.165, 1.54) is 12.6 Å². The maximum absolute atomic E-state index is 12.5. The van der Waals surface area contributed by atoms with Crippen molar-refractivity contribution in [2.45, 2.75) is 26.8 Å². The highest BCUT2D eigenvalue weighted by atomic mass is 16.2. The maximum Gasteiger partial charge on any atom is 0.246 e. The van der Waals surface area contributed by atoms with E-state index in [1.54, 1.807) is 24.3 Å². The number of nitrogens with one attached hydrogen (secondary N) is 2. The zero-order valence-corrected chi connectivity index (χ0v) is 17.4. The number of hydrogen-bond acceptors (Lipinski definition) is 5. The second-order valence-corrected chi connectivity index (χ2v) is 7.46. The summed E-state index contributed by atoms with van der Waals surface area (Å²) in [7, 11) is 0. The molecule has 1 heterocycles. The van der Waals surface area contributed by atoms with E-state index in [0.29, 0.717) is 11.3 Å². The number of rotatable bonds is 7. The van der Waals surface area contributed by atoms with Crippen molar-refractivity contribution < 1.29 is 9.59 Å². The molecule has 1 amide bonds. The number of benzene rings is 2. The van der Waals surface area contributed by atoms with E-state index in [9.17, 15) is 9.59 Å². The van der Waals surface area contributed by atoms with E-state index in [1.807, 2.05) is 19.1 Å². The highest BCUT2D eigenvalue weighted by Gasteiger charge is 2.16. The van der Waals surface area contributed by atoms with Gasteiger partial charge in [-0.1, -0.05) is 6.92 Å². The Morgan fingerprint density at radius 2 is 1.52 bits per heavy atom. The third kappa shape index (κ3) is 5.57. The van der Waals surface area contributed by atoms with Crippen LogP contribution in [0.1, 0.15) is 31.1 Å². The number of amides is 1. The van der Waals surface area contributed by atoms with Gasteiger partial charge in [0.1, 0.15) is 6.04 Å². The first-order chi connectivity index (χ1) is 14.0. The van der Waals surface area contributed by atoms with E-state index in [4.69, 9.17) is 0 Å². The Morgan fingerprint density at radius 3 is 2.07 bits per heavy atom. The van der Waals surface area contributed by atoms with Gasteiger partial charge in [-0.05, 0) is 68.9 Å². The molecule has 29 heavy (non-hydrogen) atoms. The molecule has 0 bridgehead atoms. The van der Waals surface area contributed by atoms with Crippen LogP contribution in [0.5, 0.6) is 0 Å². The van der Waals surface area contributed by atoms with E-state index in [2.05, 4.69) is 39.5 Å². The van der Waals surface area contributed by atoms with Gasteiger partial charge < -0.3 is 20.4 Å². The summed E-state index contributed by atoms with van der Waals surface area (Å²) in [6, 6.07) is 14.8. The lowest BCUT2D eigenvalue weighted by molar-refractivity contribution is -0.116. The van der Waals surface area contributed by atoms with Crippen molar-refractivity contribution in [3.05, 3.63) is 54.1 Å². The van der Waals surface area contributed by atoms with Crippen LogP contribution in [-0.2, 0) is 4.79 Å². The minimum atomic E-state index is -0.388. The fraction of sp³-hybridized carbons (Fsp3) is 0.391. The second kappa shape index (κ2) is 9.56. The largest absolute Gasteiger partial charge is 0.374 e. The number of carbonyl (C=O) groups is 2. The van der Waals surface area contributed by atoms with Gasteiger partial charge in [0.15, 0.2) is 5.78 Å². The molecule has 154 valence electrons. The first kappa shape index (κ1) is 20.9. The molecule has 6 heteroatoms. The van der Waals surface area contributed by atoms with Crippen molar-refractivity contribution in [1.29, 1.82) is 0 Å². The zero-order valence-electron chi connectivity index (χ0n) is 17.4. The number of ketones is 1. The van der Waals surface area contributed by atoms with Crippen LogP contribution in [0.15, 0.2) is 48.5 Å². The van der Waals surface area contributed by atoms with Crippen LogP contribution in [0.4, 0.5) is 17.1 Å². The van der Waals surface area contributed by atoms with Crippen LogP contribution < -0.4 is 15.5 Å². The second-order valence-electron chi connectivity index (χ2n) is 7.46. The fourth-order valence-corrected chi connectivity index (χ4v) is 3.45. The molecule has 0 aliphatic carbocycles. The van der Waals surface area contributed by atoms with Gasteiger partial charge in [0.05, 0.1) is 0 Å². The summed E-state index contributed by atoms with van der Waals surface area (Å²) in [5.41, 5.74) is 3.44. The Kier molecular flexibility index (Phi) is 6.88. The average molecular weight is 395 g/mol. The summed E-state index contributed by atoms with van der Waals surface area (Å²) < 4.78 is 0. The molecule has 1 aliphatic rings. The average Bonchev–Trinajstić information content (AvgIpc) is 2.74. The number of Topliss-reactive ketones (excluding diaryl/α,β-unsaturated/α-hetero) is 1. The van der Waals surface area contributed by atoms with Crippen molar-refractivity contribution in [3.8, 4) is 0 Å². The lowest BCUT2D eigenvalue weighted by Crippen LogP contribution is -2.46. The molecular formula is C23H30N4O2. The molecule has 3 rings (SSSR count). The van der Waals surface area contributed by atoms with Crippen molar-refractivity contribution in [2.75, 3.05) is 48.3 Å². The van der Waals surface area contributed by atoms with E-state index >= 15 is 0 Å². The highest BCUT2D eigenvalue weighted by Crippen LogP contribution is 2.20. The quantitative estimate of drug-likeness (QED) is 0.704. The number of carbonyl (C=O) groups excluding carboxylic acids is 2. The normalized spacial score (nSPS) is 15.6. The van der Waals surface area contributed by atoms with Gasteiger partial charge in [-0.25, -0.2) is 0 Å². The van der Waals surface area contributed by atoms with Crippen LogP contribution in [0.25, 0.3) is 0 Å². The van der Waals surface area contributed by atoms with Crippen molar-refractivity contribution in [1.82, 2.24) is 4.90 Å². The predicted molar refractivity (Wildman–Crippen MR) is 119 cm³/mol. The van der Waals surface area contributed by atoms with Gasteiger partial charge in [0, 0.05) is 48.8 Å². The van der Waals surface area contributed by atoms with Gasteiger partial charge in [-0.2, -0.15) is 0 Å². The predicted octanol–water partition coefficient (Wildman–Crippen LogP) is 3.47. The van der Waals surface area contributed by atoms with Gasteiger partial charge in [0.2, 0.25) is 5.91 Å². The molecular weight excluding hydrogens is 364 g/mol. The van der Waals surface area contributed by atoms with Crippen LogP contribution in [0.2, 0.25) is 0 Å². The summed E-state index contributed by atoms with van der Waals surface area (Å²) in [6.45, 7) is 10.9. The molecule has 2 N–H and O–H groups in total. The van der Waals surface area contributed by atoms with Crippen molar-refractivity contribution >= 4 is 28.8 Å². The lowest BCUT2D eigenvalue weighted by Gasteiger charge is -2.35. The number of hydrogen-bond donors (Lipinski definition) is 2. The Labute approximate surface area is 172 Å². The van der Waals surface area contributed by atoms with Gasteiger partial charge in [-0.3, -0.25) is 9.59 Å². The van der Waals surface area contributed by atoms with Gasteiger partial charge in [0.25, 0.3) is 0 Å². The monoisotopic (exact) mass is 394 g/mol. The number of piperazine rings is 1. The summed E-state index contributed by atoms with van der Waals surface area (Å²) in [6.07, 6.45) is 0. The molecule has 0 radical (unpaired) electrons. The fourth-order valence-electron chi connectivity index (χ4n) is 3.45. The zero-order chi connectivity index (χ0) is 20.8. The molecule has 0 spiro atoms. The van der Waals surface area contributed by atoms with Crippen LogP contribution >= 0.6 is 0 Å². The molecule has 1 saturated heterocycles. The van der Waals surface area contributed by atoms with E-state index in [-0.39, 0.29) is 17.7 Å². The van der Waals surface area contributed by atoms with Crippen molar-refractivity contribution in [2.24, 2.45) is 0 Å². The minimum Gasteiger partial charge on any atom is -0.374 e. The SMILES string of the molecule is CCN1CCN(c2ccc(N[C@H](C)C(=O)Nc3ccc(C(C)=O)cc3)cc2)CC1. The lowest BCUT2D eigenvalue weighted by atomic mass is 10.1. The molecule has 2 aromatic rings. The van der Waals surface area contributed by atoms with E-state index in [0.717, 1.165) is 38.4 Å². The minimum absolute atomic E-state index is 0.00796. The molecule has 0 saturated carbocycles. The summed E-state index contributed by atoms with van der Waals surface area (Å²) >= 11 is 0. The molecule has 6 nitrogen and oxygen atoms in total. The number of likely N-dealkylation sites (N-methyl/N-ethyl adjacent to an activating group) is 1. The summed E-state index contributed by atoms with van der Waals surface area (Å²) in [5.74, 6) is -0.117. The topological polar surface area (TPSA) is 64.7 Å². The first-order valence-electron chi connectivity index (χ1n) is 10.2. The molecule has 1 atom stereocenters. The molecule has 1 aliphatic heterocycles. The van der Waals surface area contributed by atoms with Gasteiger partial charge in [-0.15, -0.1) is 0 Å². The Morgan fingerprint density at radius 1 is 0.931 bits per heavy atom. The number of nitrogens with zero attached hydrogens (tertiary/aromatic N) is 2. The molecule has 0 unspecified atom stereocenters. The Hall–Kier alpha value is -2.86. The third-order valence-electron chi connectivity index (χ3n) is 5.39. The molecule has 1 fully saturated rings. The summed E-state index contributed by atoms with van der Waals surface area (Å²) in [4.78, 5) is 28.7. The standard InChI is InChI=1S/C23H30N4O2/c1-4-26-13-15-27(16-14-26)22-11-9-20(10-12-22)24-17(2)23(29)25-21-7-5-19(6-8-21)18(3)28/h5-12,17,24H,4,13-16H2,1-3H3,(H,25,29)/t17-/m1/s1. The Balaban J connectivity index is 1.52. The van der Waals surface area contributed by atoms with Crippen LogP contribution in [0, 0.1) is 0 Å². The Bertz CT molecular complexity index is 825. The van der Waals surface area contributed by atoms with E-state index < -0.39 is 0 Å². The van der Waals surface area contributed by atoms with Crippen LogP contribution in [0.3, 0.4) is 0 Å². The maximum atomic E-state index is 12.5. The highest BCUT2D eigenvalue weighted by molar-refractivity contribution is 5.97. The smallest absolute Gasteiger partial charge is 0.246 e. The first-order valence-corrected chi connectivity index (χ1v) is 10.2. The molecule has 2 aromatic carbocycles. The van der Waals surface area contributed by atoms with Gasteiger partial charge >= 0.3 is 0 Å². The third-order valence-corrected chi connectivity index (χ3v) is 5.39.